The van der Waals surface area contributed by atoms with Gasteiger partial charge in [0.05, 0.1) is 0 Å². The van der Waals surface area contributed by atoms with Crippen molar-refractivity contribution in [1.82, 2.24) is 10.1 Å². The zero-order chi connectivity index (χ0) is 13.7. The second kappa shape index (κ2) is 6.45. The summed E-state index contributed by atoms with van der Waals surface area (Å²) in [5.74, 6) is 0.810. The molecule has 1 fully saturated rings. The first-order valence-corrected chi connectivity index (χ1v) is 7.08. The van der Waals surface area contributed by atoms with Crippen molar-refractivity contribution in [3.05, 3.63) is 11.7 Å². The summed E-state index contributed by atoms with van der Waals surface area (Å²) >= 11 is 0. The van der Waals surface area contributed by atoms with Crippen LogP contribution < -0.4 is 5.73 Å². The summed E-state index contributed by atoms with van der Waals surface area (Å²) in [6.45, 7) is 2.98. The van der Waals surface area contributed by atoms with Crippen molar-refractivity contribution in [3.8, 4) is 0 Å². The highest BCUT2D eigenvalue weighted by Gasteiger charge is 2.39. The Bertz CT molecular complexity index is 383. The SMILES string of the molecule is CCOC1(c2noc([C@@H](O)CCN)n2)CCCCC1. The molecule has 0 amide bonds. The molecule has 108 valence electrons. The molecule has 19 heavy (non-hydrogen) atoms. The molecule has 1 aliphatic carbocycles. The second-order valence-electron chi connectivity index (χ2n) is 5.04. The number of nitrogens with zero attached hydrogens (tertiary/aromatic N) is 2. The lowest BCUT2D eigenvalue weighted by atomic mass is 9.84. The van der Waals surface area contributed by atoms with Gasteiger partial charge in [-0.05, 0) is 32.7 Å². The second-order valence-corrected chi connectivity index (χ2v) is 5.04. The molecule has 2 rings (SSSR count). The summed E-state index contributed by atoms with van der Waals surface area (Å²) in [6.07, 6.45) is 4.89. The first kappa shape index (κ1) is 14.4. The van der Waals surface area contributed by atoms with E-state index in [1.165, 1.54) is 6.42 Å². The molecular weight excluding hydrogens is 246 g/mol. The molecule has 0 radical (unpaired) electrons. The van der Waals surface area contributed by atoms with Crippen molar-refractivity contribution in [1.29, 1.82) is 0 Å². The Hall–Kier alpha value is -0.980. The van der Waals surface area contributed by atoms with E-state index in [1.807, 2.05) is 6.92 Å². The Morgan fingerprint density at radius 2 is 2.16 bits per heavy atom. The summed E-state index contributed by atoms with van der Waals surface area (Å²) in [4.78, 5) is 4.33. The van der Waals surface area contributed by atoms with Crippen LogP contribution >= 0.6 is 0 Å². The number of hydrogen-bond acceptors (Lipinski definition) is 6. The van der Waals surface area contributed by atoms with Gasteiger partial charge in [0.15, 0.2) is 0 Å². The molecule has 1 aliphatic rings. The molecule has 0 saturated heterocycles. The van der Waals surface area contributed by atoms with E-state index in [9.17, 15) is 5.11 Å². The van der Waals surface area contributed by atoms with Gasteiger partial charge in [-0.1, -0.05) is 24.4 Å². The minimum Gasteiger partial charge on any atom is -0.383 e. The van der Waals surface area contributed by atoms with Gasteiger partial charge in [0.2, 0.25) is 5.82 Å². The van der Waals surface area contributed by atoms with Crippen LogP contribution in [0.5, 0.6) is 0 Å². The first-order chi connectivity index (χ1) is 9.22. The summed E-state index contributed by atoms with van der Waals surface area (Å²) in [6, 6.07) is 0. The largest absolute Gasteiger partial charge is 0.383 e. The Labute approximate surface area is 113 Å². The van der Waals surface area contributed by atoms with Crippen LogP contribution in [0, 0.1) is 0 Å². The number of aliphatic hydroxyl groups excluding tert-OH is 1. The van der Waals surface area contributed by atoms with E-state index in [-0.39, 0.29) is 5.89 Å². The fourth-order valence-corrected chi connectivity index (χ4v) is 2.67. The average Bonchev–Trinajstić information content (AvgIpc) is 2.91. The molecule has 6 heteroatoms. The molecular formula is C13H23N3O3. The Balaban J connectivity index is 2.18. The van der Waals surface area contributed by atoms with E-state index >= 15 is 0 Å². The predicted molar refractivity (Wildman–Crippen MR) is 69.3 cm³/mol. The van der Waals surface area contributed by atoms with Crippen LogP contribution in [0.1, 0.15) is 63.3 Å². The van der Waals surface area contributed by atoms with Crippen LogP contribution in [0.15, 0.2) is 4.52 Å². The highest BCUT2D eigenvalue weighted by Crippen LogP contribution is 2.39. The number of rotatable bonds is 6. The lowest BCUT2D eigenvalue weighted by Crippen LogP contribution is -2.33. The standard InChI is InChI=1S/C13H23N3O3/c1-2-18-13(7-4-3-5-8-13)12-15-11(19-16-12)10(17)6-9-14/h10,17H,2-9,14H2,1H3/t10-/m0/s1. The minimum atomic E-state index is -0.784. The maximum Gasteiger partial charge on any atom is 0.255 e. The van der Waals surface area contributed by atoms with Gasteiger partial charge in [0.1, 0.15) is 11.7 Å². The van der Waals surface area contributed by atoms with Crippen LogP contribution in [0.2, 0.25) is 0 Å². The van der Waals surface area contributed by atoms with Gasteiger partial charge in [-0.25, -0.2) is 0 Å². The minimum absolute atomic E-state index is 0.241. The number of nitrogens with two attached hydrogens (primary N) is 1. The number of aliphatic hydroxyl groups is 1. The molecule has 0 aliphatic heterocycles. The molecule has 1 saturated carbocycles. The third-order valence-corrected chi connectivity index (χ3v) is 3.66. The fraction of sp³-hybridized carbons (Fsp3) is 0.846. The summed E-state index contributed by atoms with van der Waals surface area (Å²) < 4.78 is 11.1. The van der Waals surface area contributed by atoms with Gasteiger partial charge in [-0.2, -0.15) is 4.98 Å². The van der Waals surface area contributed by atoms with E-state index < -0.39 is 11.7 Å². The van der Waals surface area contributed by atoms with Crippen LogP contribution in [-0.2, 0) is 10.3 Å². The third kappa shape index (κ3) is 3.13. The van der Waals surface area contributed by atoms with Gasteiger partial charge in [0, 0.05) is 6.61 Å². The molecule has 0 aromatic carbocycles. The lowest BCUT2D eigenvalue weighted by molar-refractivity contribution is -0.0777. The van der Waals surface area contributed by atoms with Crippen molar-refractivity contribution in [3.63, 3.8) is 0 Å². The van der Waals surface area contributed by atoms with E-state index in [0.717, 1.165) is 25.7 Å². The quantitative estimate of drug-likeness (QED) is 0.815. The monoisotopic (exact) mass is 269 g/mol. The smallest absolute Gasteiger partial charge is 0.255 e. The van der Waals surface area contributed by atoms with E-state index in [4.69, 9.17) is 15.0 Å². The normalized spacial score (nSPS) is 20.4. The van der Waals surface area contributed by atoms with Crippen molar-refractivity contribution >= 4 is 0 Å². The molecule has 1 heterocycles. The summed E-state index contributed by atoms with van der Waals surface area (Å²) in [5, 5.41) is 13.9. The molecule has 3 N–H and O–H groups in total. The van der Waals surface area contributed by atoms with Crippen molar-refractivity contribution in [2.75, 3.05) is 13.2 Å². The molecule has 0 bridgehead atoms. The molecule has 0 spiro atoms. The molecule has 1 atom stereocenters. The van der Waals surface area contributed by atoms with Crippen LogP contribution in [0.3, 0.4) is 0 Å². The lowest BCUT2D eigenvalue weighted by Gasteiger charge is -2.33. The van der Waals surface area contributed by atoms with Crippen LogP contribution in [0.25, 0.3) is 0 Å². The van der Waals surface area contributed by atoms with Crippen LogP contribution in [0.4, 0.5) is 0 Å². The third-order valence-electron chi connectivity index (χ3n) is 3.66. The predicted octanol–water partition coefficient (Wildman–Crippen LogP) is 1.65. The first-order valence-electron chi connectivity index (χ1n) is 7.08. The van der Waals surface area contributed by atoms with Gasteiger partial charge in [-0.15, -0.1) is 0 Å². The van der Waals surface area contributed by atoms with E-state index in [2.05, 4.69) is 10.1 Å². The Morgan fingerprint density at radius 1 is 1.42 bits per heavy atom. The summed E-state index contributed by atoms with van der Waals surface area (Å²) in [7, 11) is 0. The zero-order valence-corrected chi connectivity index (χ0v) is 11.5. The molecule has 0 unspecified atom stereocenters. The maximum absolute atomic E-state index is 9.83. The summed E-state index contributed by atoms with van der Waals surface area (Å²) in [5.41, 5.74) is 4.98. The highest BCUT2D eigenvalue weighted by molar-refractivity contribution is 5.04. The van der Waals surface area contributed by atoms with Gasteiger partial charge in [0.25, 0.3) is 5.89 Å². The van der Waals surface area contributed by atoms with Gasteiger partial charge >= 0.3 is 0 Å². The average molecular weight is 269 g/mol. The molecule has 6 nitrogen and oxygen atoms in total. The molecule has 1 aromatic rings. The van der Waals surface area contributed by atoms with E-state index in [1.54, 1.807) is 0 Å². The van der Waals surface area contributed by atoms with Gasteiger partial charge in [-0.3, -0.25) is 0 Å². The van der Waals surface area contributed by atoms with Gasteiger partial charge < -0.3 is 20.1 Å². The topological polar surface area (TPSA) is 94.4 Å². The number of aromatic nitrogens is 2. The van der Waals surface area contributed by atoms with E-state index in [0.29, 0.717) is 25.4 Å². The van der Waals surface area contributed by atoms with Crippen molar-refractivity contribution < 1.29 is 14.4 Å². The maximum atomic E-state index is 9.83. The van der Waals surface area contributed by atoms with Crippen LogP contribution in [-0.4, -0.2) is 28.4 Å². The van der Waals surface area contributed by atoms with Crippen molar-refractivity contribution in [2.24, 2.45) is 5.73 Å². The van der Waals surface area contributed by atoms with Crippen molar-refractivity contribution in [2.45, 2.75) is 57.2 Å². The Morgan fingerprint density at radius 3 is 2.79 bits per heavy atom. The highest BCUT2D eigenvalue weighted by atomic mass is 16.5. The Kier molecular flexibility index (Phi) is 4.90. The fourth-order valence-electron chi connectivity index (χ4n) is 2.67. The number of ether oxygens (including phenoxy) is 1. The zero-order valence-electron chi connectivity index (χ0n) is 11.5. The molecule has 1 aromatic heterocycles. The number of hydrogen-bond donors (Lipinski definition) is 2.